The lowest BCUT2D eigenvalue weighted by molar-refractivity contribution is -0.385. The van der Waals surface area contributed by atoms with Gasteiger partial charge < -0.3 is 19.5 Å². The molecule has 0 bridgehead atoms. The van der Waals surface area contributed by atoms with Gasteiger partial charge in [-0.2, -0.15) is 0 Å². The summed E-state index contributed by atoms with van der Waals surface area (Å²) < 4.78 is 15.9. The molecule has 144 valence electrons. The summed E-state index contributed by atoms with van der Waals surface area (Å²) in [6.45, 7) is 2.40. The number of carbonyl (C=O) groups excluding carboxylic acids is 1. The molecule has 0 heterocycles. The molecule has 0 spiro atoms. The quantitative estimate of drug-likeness (QED) is 0.397. The molecule has 0 fully saturated rings. The Bertz CT molecular complexity index is 810. The van der Waals surface area contributed by atoms with Crippen molar-refractivity contribution in [3.63, 3.8) is 0 Å². The summed E-state index contributed by atoms with van der Waals surface area (Å²) in [5.41, 5.74) is -0.484. The van der Waals surface area contributed by atoms with Gasteiger partial charge in [0.1, 0.15) is 17.9 Å². The number of carbonyl (C=O) groups is 1. The highest BCUT2D eigenvalue weighted by Crippen LogP contribution is 2.34. The summed E-state index contributed by atoms with van der Waals surface area (Å²) in [7, 11) is 1.39. The van der Waals surface area contributed by atoms with Crippen LogP contribution in [0.1, 0.15) is 17.3 Å². The lowest BCUT2D eigenvalue weighted by atomic mass is 10.1. The van der Waals surface area contributed by atoms with Gasteiger partial charge in [0.05, 0.1) is 31.3 Å². The minimum atomic E-state index is -0.638. The van der Waals surface area contributed by atoms with Gasteiger partial charge in [0, 0.05) is 11.1 Å². The van der Waals surface area contributed by atoms with E-state index in [1.54, 1.807) is 31.2 Å². The summed E-state index contributed by atoms with van der Waals surface area (Å²) in [5, 5.41) is 14.5. The number of amides is 1. The molecule has 0 aliphatic heterocycles. The van der Waals surface area contributed by atoms with E-state index in [9.17, 15) is 14.9 Å². The Morgan fingerprint density at radius 2 is 1.89 bits per heavy atom. The summed E-state index contributed by atoms with van der Waals surface area (Å²) in [4.78, 5) is 23.1. The molecule has 0 saturated carbocycles. The maximum absolute atomic E-state index is 12.4. The summed E-state index contributed by atoms with van der Waals surface area (Å²) >= 11 is 5.79. The molecule has 8 nitrogen and oxygen atoms in total. The van der Waals surface area contributed by atoms with Crippen molar-refractivity contribution >= 4 is 23.2 Å². The number of nitro benzene ring substituents is 1. The molecule has 0 aromatic heterocycles. The standard InChI is InChI=1S/C18H19ClN2O6/c1-3-26-17-11-15(21(23)24)14(10-16(17)25-2)18(22)20-8-9-27-13-6-4-12(19)5-7-13/h4-7,10-11H,3,8-9H2,1-2H3,(H,20,22). The Morgan fingerprint density at radius 1 is 1.19 bits per heavy atom. The van der Waals surface area contributed by atoms with E-state index in [0.717, 1.165) is 0 Å². The topological polar surface area (TPSA) is 99.9 Å². The third-order valence-corrected chi connectivity index (χ3v) is 3.75. The van der Waals surface area contributed by atoms with Gasteiger partial charge in [0.2, 0.25) is 0 Å². The van der Waals surface area contributed by atoms with E-state index >= 15 is 0 Å². The minimum absolute atomic E-state index is 0.119. The van der Waals surface area contributed by atoms with E-state index in [1.165, 1.54) is 19.2 Å². The molecular weight excluding hydrogens is 376 g/mol. The molecule has 0 aliphatic carbocycles. The fraction of sp³-hybridized carbons (Fsp3) is 0.278. The van der Waals surface area contributed by atoms with Gasteiger partial charge in [0.15, 0.2) is 11.5 Å². The lowest BCUT2D eigenvalue weighted by Crippen LogP contribution is -2.28. The van der Waals surface area contributed by atoms with Crippen molar-refractivity contribution in [2.24, 2.45) is 0 Å². The zero-order valence-electron chi connectivity index (χ0n) is 14.9. The number of methoxy groups -OCH3 is 1. The second kappa shape index (κ2) is 9.63. The van der Waals surface area contributed by atoms with Gasteiger partial charge in [-0.25, -0.2) is 0 Å². The number of hydrogen-bond donors (Lipinski definition) is 1. The van der Waals surface area contributed by atoms with Crippen molar-refractivity contribution in [1.82, 2.24) is 5.32 Å². The maximum atomic E-state index is 12.4. The third kappa shape index (κ3) is 5.49. The number of halogens is 1. The number of hydrogen-bond acceptors (Lipinski definition) is 6. The fourth-order valence-corrected chi connectivity index (χ4v) is 2.40. The first-order valence-corrected chi connectivity index (χ1v) is 8.49. The SMILES string of the molecule is CCOc1cc([N+](=O)[O-])c(C(=O)NCCOc2ccc(Cl)cc2)cc1OC. The molecule has 0 unspecified atom stereocenters. The van der Waals surface area contributed by atoms with Crippen LogP contribution in [0.5, 0.6) is 17.2 Å². The highest BCUT2D eigenvalue weighted by atomic mass is 35.5. The second-order valence-electron chi connectivity index (χ2n) is 5.27. The van der Waals surface area contributed by atoms with Crippen LogP contribution in [0.25, 0.3) is 0 Å². The largest absolute Gasteiger partial charge is 0.493 e. The summed E-state index contributed by atoms with van der Waals surface area (Å²) in [6.07, 6.45) is 0. The van der Waals surface area contributed by atoms with Crippen LogP contribution in [0.4, 0.5) is 5.69 Å². The number of benzene rings is 2. The predicted octanol–water partition coefficient (Wildman–Crippen LogP) is 3.46. The van der Waals surface area contributed by atoms with Crippen molar-refractivity contribution < 1.29 is 23.9 Å². The van der Waals surface area contributed by atoms with Crippen molar-refractivity contribution in [2.75, 3.05) is 26.9 Å². The Balaban J connectivity index is 2.05. The zero-order valence-corrected chi connectivity index (χ0v) is 15.6. The smallest absolute Gasteiger partial charge is 0.286 e. The Hall–Kier alpha value is -3.00. The molecule has 2 aromatic rings. The first-order valence-electron chi connectivity index (χ1n) is 8.12. The molecule has 9 heteroatoms. The van der Waals surface area contributed by atoms with Crippen LogP contribution in [0.3, 0.4) is 0 Å². The van der Waals surface area contributed by atoms with Crippen LogP contribution < -0.4 is 19.5 Å². The molecule has 2 rings (SSSR count). The van der Waals surface area contributed by atoms with Crippen LogP contribution in [-0.4, -0.2) is 37.7 Å². The highest BCUT2D eigenvalue weighted by molar-refractivity contribution is 6.30. The van der Waals surface area contributed by atoms with Crippen molar-refractivity contribution in [2.45, 2.75) is 6.92 Å². The number of nitrogens with one attached hydrogen (secondary N) is 1. The van der Waals surface area contributed by atoms with E-state index in [4.69, 9.17) is 25.8 Å². The third-order valence-electron chi connectivity index (χ3n) is 3.49. The van der Waals surface area contributed by atoms with Gasteiger partial charge in [-0.1, -0.05) is 11.6 Å². The predicted molar refractivity (Wildman–Crippen MR) is 100 cm³/mol. The highest BCUT2D eigenvalue weighted by Gasteiger charge is 2.24. The molecular formula is C18H19ClN2O6. The van der Waals surface area contributed by atoms with E-state index in [2.05, 4.69) is 5.32 Å². The van der Waals surface area contributed by atoms with Gasteiger partial charge in [-0.3, -0.25) is 14.9 Å². The molecule has 0 radical (unpaired) electrons. The molecule has 2 aromatic carbocycles. The normalized spacial score (nSPS) is 10.2. The Labute approximate surface area is 161 Å². The van der Waals surface area contributed by atoms with Crippen molar-refractivity contribution in [3.05, 3.63) is 57.1 Å². The van der Waals surface area contributed by atoms with E-state index < -0.39 is 10.8 Å². The van der Waals surface area contributed by atoms with Crippen LogP contribution in [0.15, 0.2) is 36.4 Å². The lowest BCUT2D eigenvalue weighted by Gasteiger charge is -2.12. The number of rotatable bonds is 9. The first kappa shape index (κ1) is 20.3. The molecule has 1 amide bonds. The van der Waals surface area contributed by atoms with Gasteiger partial charge in [-0.15, -0.1) is 0 Å². The van der Waals surface area contributed by atoms with Gasteiger partial charge >= 0.3 is 0 Å². The van der Waals surface area contributed by atoms with E-state index in [0.29, 0.717) is 17.4 Å². The molecule has 27 heavy (non-hydrogen) atoms. The average molecular weight is 395 g/mol. The van der Waals surface area contributed by atoms with Crippen LogP contribution in [0.2, 0.25) is 5.02 Å². The van der Waals surface area contributed by atoms with Gasteiger partial charge in [0.25, 0.3) is 11.6 Å². The maximum Gasteiger partial charge on any atom is 0.286 e. The summed E-state index contributed by atoms with van der Waals surface area (Å²) in [5.74, 6) is 0.435. The average Bonchev–Trinajstić information content (AvgIpc) is 2.66. The number of nitro groups is 1. The number of ether oxygens (including phenoxy) is 3. The fourth-order valence-electron chi connectivity index (χ4n) is 2.27. The van der Waals surface area contributed by atoms with Crippen LogP contribution in [0, 0.1) is 10.1 Å². The second-order valence-corrected chi connectivity index (χ2v) is 5.71. The minimum Gasteiger partial charge on any atom is -0.493 e. The first-order chi connectivity index (χ1) is 13.0. The zero-order chi connectivity index (χ0) is 19.8. The van der Waals surface area contributed by atoms with Crippen molar-refractivity contribution in [1.29, 1.82) is 0 Å². The van der Waals surface area contributed by atoms with Crippen LogP contribution in [-0.2, 0) is 0 Å². The molecule has 0 atom stereocenters. The summed E-state index contributed by atoms with van der Waals surface area (Å²) in [6, 6.07) is 9.24. The van der Waals surface area contributed by atoms with E-state index in [1.807, 2.05) is 0 Å². The van der Waals surface area contributed by atoms with Gasteiger partial charge in [-0.05, 0) is 31.2 Å². The number of nitrogens with zero attached hydrogens (tertiary/aromatic N) is 1. The van der Waals surface area contributed by atoms with E-state index in [-0.39, 0.29) is 35.9 Å². The molecule has 1 N–H and O–H groups in total. The monoisotopic (exact) mass is 394 g/mol. The van der Waals surface area contributed by atoms with Crippen LogP contribution >= 0.6 is 11.6 Å². The Morgan fingerprint density at radius 3 is 2.48 bits per heavy atom. The van der Waals surface area contributed by atoms with Crippen molar-refractivity contribution in [3.8, 4) is 17.2 Å². The molecule has 0 saturated heterocycles. The Kier molecular flexibility index (Phi) is 7.25. The molecule has 0 aliphatic rings.